The molecule has 1 atom stereocenters. The number of nitrogens with one attached hydrogen (secondary N) is 1. The molecule has 1 unspecified atom stereocenters. The maximum absolute atomic E-state index is 12.2. The number of carbonyl (C=O) groups excluding carboxylic acids is 3. The first-order chi connectivity index (χ1) is 9.63. The van der Waals surface area contributed by atoms with E-state index in [0.717, 1.165) is 32.5 Å². The normalized spacial score (nSPS) is 24.4. The molecule has 0 aromatic carbocycles. The minimum absolute atomic E-state index is 0.331. The maximum Gasteiger partial charge on any atom is 0.330 e. The highest BCUT2D eigenvalue weighted by atomic mass is 16.2. The summed E-state index contributed by atoms with van der Waals surface area (Å²) in [4.78, 5) is 39.1. The molecule has 0 spiro atoms. The molecule has 0 bridgehead atoms. The summed E-state index contributed by atoms with van der Waals surface area (Å²) in [6.45, 7) is 5.45. The van der Waals surface area contributed by atoms with Gasteiger partial charge in [0, 0.05) is 6.54 Å². The van der Waals surface area contributed by atoms with Gasteiger partial charge < -0.3 is 4.90 Å². The van der Waals surface area contributed by atoms with Crippen molar-refractivity contribution in [3.8, 4) is 0 Å². The Morgan fingerprint density at radius 3 is 2.50 bits per heavy atom. The highest BCUT2D eigenvalue weighted by Gasteiger charge is 2.39. The minimum Gasteiger partial charge on any atom is -0.303 e. The van der Waals surface area contributed by atoms with E-state index in [0.29, 0.717) is 13.0 Å². The van der Waals surface area contributed by atoms with E-state index in [-0.39, 0.29) is 5.91 Å². The summed E-state index contributed by atoms with van der Waals surface area (Å²) in [6, 6.07) is -0.561. The first kappa shape index (κ1) is 15.0. The molecular weight excluding hydrogens is 258 g/mol. The van der Waals surface area contributed by atoms with Gasteiger partial charge in [0.05, 0.1) is 0 Å². The van der Waals surface area contributed by atoms with Crippen LogP contribution in [0.2, 0.25) is 0 Å². The number of hydrogen-bond donors (Lipinski definition) is 1. The number of nitrogens with zero attached hydrogens (tertiary/aromatic N) is 2. The summed E-state index contributed by atoms with van der Waals surface area (Å²) in [5, 5.41) is 2.29. The lowest BCUT2D eigenvalue weighted by Gasteiger charge is -2.30. The Morgan fingerprint density at radius 1 is 1.15 bits per heavy atom. The minimum atomic E-state index is -0.690. The van der Waals surface area contributed by atoms with Crippen molar-refractivity contribution in [1.82, 2.24) is 15.1 Å². The van der Waals surface area contributed by atoms with Crippen LogP contribution in [0, 0.1) is 5.92 Å². The van der Waals surface area contributed by atoms with E-state index in [2.05, 4.69) is 10.2 Å². The van der Waals surface area contributed by atoms with Crippen LogP contribution in [0.3, 0.4) is 0 Å². The average Bonchev–Trinajstić information content (AvgIpc) is 2.91. The highest BCUT2D eigenvalue weighted by Crippen LogP contribution is 2.16. The number of urea groups is 1. The first-order valence-electron chi connectivity index (χ1n) is 7.52. The van der Waals surface area contributed by atoms with Crippen molar-refractivity contribution in [2.45, 2.75) is 39.0 Å². The standard InChI is InChI=1S/C14H23N3O3/c1-2-6-11-12(18)15-14(20)17(13(11)19)10-5-9-16-7-3-4-8-16/h11H,2-10H2,1H3,(H,15,18,20). The van der Waals surface area contributed by atoms with Crippen LogP contribution in [0.1, 0.15) is 39.0 Å². The van der Waals surface area contributed by atoms with Crippen molar-refractivity contribution < 1.29 is 14.4 Å². The lowest BCUT2D eigenvalue weighted by Crippen LogP contribution is -2.58. The molecule has 2 saturated heterocycles. The van der Waals surface area contributed by atoms with Crippen LogP contribution < -0.4 is 5.32 Å². The van der Waals surface area contributed by atoms with Gasteiger partial charge in [0.2, 0.25) is 11.8 Å². The van der Waals surface area contributed by atoms with Gasteiger partial charge in [-0.1, -0.05) is 13.3 Å². The van der Waals surface area contributed by atoms with Crippen LogP contribution in [0.25, 0.3) is 0 Å². The van der Waals surface area contributed by atoms with Crippen LogP contribution in [0.4, 0.5) is 4.79 Å². The van der Waals surface area contributed by atoms with E-state index < -0.39 is 17.9 Å². The molecule has 4 amide bonds. The molecule has 6 heteroatoms. The third-order valence-corrected chi connectivity index (χ3v) is 3.99. The molecule has 1 N–H and O–H groups in total. The molecule has 6 nitrogen and oxygen atoms in total. The molecule has 2 aliphatic heterocycles. The molecule has 112 valence electrons. The van der Waals surface area contributed by atoms with Crippen LogP contribution in [0.5, 0.6) is 0 Å². The molecule has 2 heterocycles. The molecule has 2 aliphatic rings. The molecule has 0 radical (unpaired) electrons. The zero-order valence-corrected chi connectivity index (χ0v) is 12.1. The van der Waals surface area contributed by atoms with Gasteiger partial charge in [0.15, 0.2) is 0 Å². The Morgan fingerprint density at radius 2 is 1.85 bits per heavy atom. The molecule has 2 rings (SSSR count). The summed E-state index contributed by atoms with van der Waals surface area (Å²) in [5.41, 5.74) is 0. The fraction of sp³-hybridized carbons (Fsp3) is 0.786. The van der Waals surface area contributed by atoms with Gasteiger partial charge in [0.25, 0.3) is 0 Å². The van der Waals surface area contributed by atoms with Gasteiger partial charge in [0.1, 0.15) is 5.92 Å². The van der Waals surface area contributed by atoms with Gasteiger partial charge in [-0.05, 0) is 45.3 Å². The first-order valence-corrected chi connectivity index (χ1v) is 7.52. The molecule has 0 aromatic heterocycles. The van der Waals surface area contributed by atoms with Gasteiger partial charge in [-0.15, -0.1) is 0 Å². The molecule has 20 heavy (non-hydrogen) atoms. The fourth-order valence-corrected chi connectivity index (χ4v) is 2.87. The topological polar surface area (TPSA) is 69.7 Å². The van der Waals surface area contributed by atoms with E-state index in [1.165, 1.54) is 17.7 Å². The maximum atomic E-state index is 12.2. The van der Waals surface area contributed by atoms with E-state index in [4.69, 9.17) is 0 Å². The van der Waals surface area contributed by atoms with Crippen molar-refractivity contribution in [3.63, 3.8) is 0 Å². The number of hydrogen-bond acceptors (Lipinski definition) is 4. The van der Waals surface area contributed by atoms with Gasteiger partial charge in [-0.3, -0.25) is 19.8 Å². The number of imide groups is 2. The second-order valence-corrected chi connectivity index (χ2v) is 5.53. The number of rotatable bonds is 6. The summed E-state index contributed by atoms with van der Waals surface area (Å²) in [5.74, 6) is -1.47. The number of amides is 4. The summed E-state index contributed by atoms with van der Waals surface area (Å²) >= 11 is 0. The average molecular weight is 281 g/mol. The second-order valence-electron chi connectivity index (χ2n) is 5.53. The SMILES string of the molecule is CCCC1C(=O)NC(=O)N(CCCN2CCCC2)C1=O. The molecular formula is C14H23N3O3. The molecule has 0 aliphatic carbocycles. The van der Waals surface area contributed by atoms with Gasteiger partial charge in [-0.2, -0.15) is 0 Å². The van der Waals surface area contributed by atoms with Crippen LogP contribution in [-0.4, -0.2) is 53.8 Å². The molecule has 0 aromatic rings. The molecule has 2 fully saturated rings. The summed E-state index contributed by atoms with van der Waals surface area (Å²) in [7, 11) is 0. The smallest absolute Gasteiger partial charge is 0.303 e. The zero-order valence-electron chi connectivity index (χ0n) is 12.1. The predicted molar refractivity (Wildman–Crippen MR) is 73.9 cm³/mol. The third kappa shape index (κ3) is 3.36. The highest BCUT2D eigenvalue weighted by molar-refractivity contribution is 6.16. The summed E-state index contributed by atoms with van der Waals surface area (Å²) < 4.78 is 0. The van der Waals surface area contributed by atoms with E-state index in [1.54, 1.807) is 0 Å². The monoisotopic (exact) mass is 281 g/mol. The Balaban J connectivity index is 1.86. The van der Waals surface area contributed by atoms with Crippen LogP contribution in [0.15, 0.2) is 0 Å². The second kappa shape index (κ2) is 6.83. The zero-order chi connectivity index (χ0) is 14.5. The van der Waals surface area contributed by atoms with Crippen molar-refractivity contribution in [3.05, 3.63) is 0 Å². The number of carbonyl (C=O) groups is 3. The van der Waals surface area contributed by atoms with Crippen molar-refractivity contribution >= 4 is 17.8 Å². The Kier molecular flexibility index (Phi) is 5.11. The Hall–Kier alpha value is -1.43. The van der Waals surface area contributed by atoms with Crippen molar-refractivity contribution in [1.29, 1.82) is 0 Å². The Bertz CT molecular complexity index is 391. The van der Waals surface area contributed by atoms with Crippen LogP contribution in [-0.2, 0) is 9.59 Å². The van der Waals surface area contributed by atoms with E-state index in [9.17, 15) is 14.4 Å². The van der Waals surface area contributed by atoms with E-state index in [1.807, 2.05) is 6.92 Å². The molecule has 0 saturated carbocycles. The van der Waals surface area contributed by atoms with Crippen molar-refractivity contribution in [2.75, 3.05) is 26.2 Å². The quantitative estimate of drug-likeness (QED) is 0.736. The number of likely N-dealkylation sites (tertiary alicyclic amines) is 1. The van der Waals surface area contributed by atoms with Gasteiger partial charge in [-0.25, -0.2) is 4.79 Å². The van der Waals surface area contributed by atoms with Gasteiger partial charge >= 0.3 is 6.03 Å². The van der Waals surface area contributed by atoms with Crippen molar-refractivity contribution in [2.24, 2.45) is 5.92 Å². The third-order valence-electron chi connectivity index (χ3n) is 3.99. The lowest BCUT2D eigenvalue weighted by atomic mass is 9.99. The van der Waals surface area contributed by atoms with Crippen LogP contribution >= 0.6 is 0 Å². The fourth-order valence-electron chi connectivity index (χ4n) is 2.87. The summed E-state index contributed by atoms with van der Waals surface area (Å²) in [6.07, 6.45) is 4.48. The lowest BCUT2D eigenvalue weighted by molar-refractivity contribution is -0.142. The number of barbiturate groups is 1. The Labute approximate surface area is 119 Å². The predicted octanol–water partition coefficient (Wildman–Crippen LogP) is 0.967. The largest absolute Gasteiger partial charge is 0.330 e. The van der Waals surface area contributed by atoms with E-state index >= 15 is 0 Å².